The van der Waals surface area contributed by atoms with Crippen LogP contribution in [0.1, 0.15) is 40.2 Å². The first-order chi connectivity index (χ1) is 13.0. The maximum absolute atomic E-state index is 5.67. The Morgan fingerprint density at radius 3 is 2.43 bits per heavy atom. The van der Waals surface area contributed by atoms with E-state index in [1.807, 2.05) is 18.2 Å². The van der Waals surface area contributed by atoms with E-state index in [9.17, 15) is 0 Å². The van der Waals surface area contributed by atoms with Crippen LogP contribution in [0.3, 0.4) is 0 Å². The molecule has 0 aliphatic rings. The monoisotopic (exact) mass is 506 g/mol. The van der Waals surface area contributed by atoms with Gasteiger partial charge in [-0.25, -0.2) is 4.99 Å². The molecule has 2 N–H and O–H groups in total. The first kappa shape index (κ1) is 26.9. The SMILES string of the molecule is CCNC(=NCc1cccc(OCCOC)c1)NCCN(C(C)C)C(C)C.I. The van der Waals surface area contributed by atoms with Gasteiger partial charge < -0.3 is 20.1 Å². The Hall–Kier alpha value is -1.06. The van der Waals surface area contributed by atoms with Gasteiger partial charge >= 0.3 is 0 Å². The zero-order chi connectivity index (χ0) is 20.1. The van der Waals surface area contributed by atoms with Crippen molar-refractivity contribution in [3.8, 4) is 5.75 Å². The summed E-state index contributed by atoms with van der Waals surface area (Å²) in [5, 5.41) is 6.75. The van der Waals surface area contributed by atoms with Gasteiger partial charge in [-0.1, -0.05) is 12.1 Å². The molecule has 0 heterocycles. The van der Waals surface area contributed by atoms with Gasteiger partial charge in [-0.3, -0.25) is 4.90 Å². The molecule has 0 spiro atoms. The molecule has 28 heavy (non-hydrogen) atoms. The molecule has 7 heteroatoms. The molecule has 6 nitrogen and oxygen atoms in total. The number of hydrogen-bond donors (Lipinski definition) is 2. The summed E-state index contributed by atoms with van der Waals surface area (Å²) < 4.78 is 10.7. The quantitative estimate of drug-likeness (QED) is 0.197. The molecular formula is C21H39IN4O2. The van der Waals surface area contributed by atoms with Crippen molar-refractivity contribution in [3.05, 3.63) is 29.8 Å². The minimum absolute atomic E-state index is 0. The van der Waals surface area contributed by atoms with Crippen molar-refractivity contribution < 1.29 is 9.47 Å². The maximum Gasteiger partial charge on any atom is 0.191 e. The second-order valence-electron chi connectivity index (χ2n) is 7.04. The molecule has 1 aromatic carbocycles. The molecule has 0 aliphatic carbocycles. The summed E-state index contributed by atoms with van der Waals surface area (Å²) >= 11 is 0. The van der Waals surface area contributed by atoms with Gasteiger partial charge in [-0.2, -0.15) is 0 Å². The highest BCUT2D eigenvalue weighted by Gasteiger charge is 2.12. The van der Waals surface area contributed by atoms with E-state index in [2.05, 4.69) is 56.2 Å². The summed E-state index contributed by atoms with van der Waals surface area (Å²) in [5.41, 5.74) is 1.12. The van der Waals surface area contributed by atoms with Gasteiger partial charge in [0.25, 0.3) is 0 Å². The van der Waals surface area contributed by atoms with Crippen LogP contribution < -0.4 is 15.4 Å². The zero-order valence-electron chi connectivity index (χ0n) is 18.3. The minimum Gasteiger partial charge on any atom is -0.491 e. The van der Waals surface area contributed by atoms with Crippen LogP contribution in [-0.4, -0.2) is 62.9 Å². The average Bonchev–Trinajstić information content (AvgIpc) is 2.63. The van der Waals surface area contributed by atoms with Gasteiger partial charge in [-0.05, 0) is 52.3 Å². The third kappa shape index (κ3) is 11.1. The molecule has 0 unspecified atom stereocenters. The van der Waals surface area contributed by atoms with E-state index in [1.54, 1.807) is 7.11 Å². The predicted molar refractivity (Wildman–Crippen MR) is 129 cm³/mol. The van der Waals surface area contributed by atoms with Gasteiger partial charge in [0, 0.05) is 38.8 Å². The van der Waals surface area contributed by atoms with Crippen LogP contribution in [0, 0.1) is 0 Å². The molecule has 0 saturated heterocycles. The molecule has 0 radical (unpaired) electrons. The summed E-state index contributed by atoms with van der Waals surface area (Å²) in [6.07, 6.45) is 0. The maximum atomic E-state index is 5.67. The number of halogens is 1. The Morgan fingerprint density at radius 1 is 1.11 bits per heavy atom. The van der Waals surface area contributed by atoms with E-state index in [1.165, 1.54) is 0 Å². The van der Waals surface area contributed by atoms with Crippen molar-refractivity contribution in [2.24, 2.45) is 4.99 Å². The predicted octanol–water partition coefficient (Wildman–Crippen LogP) is 3.50. The topological polar surface area (TPSA) is 58.1 Å². The summed E-state index contributed by atoms with van der Waals surface area (Å²) in [4.78, 5) is 7.17. The van der Waals surface area contributed by atoms with Gasteiger partial charge in [0.2, 0.25) is 0 Å². The molecule has 1 aromatic rings. The first-order valence-electron chi connectivity index (χ1n) is 9.96. The van der Waals surface area contributed by atoms with Gasteiger partial charge in [0.1, 0.15) is 12.4 Å². The standard InChI is InChI=1S/C21H38N4O2.HI/c1-7-22-21(23-11-12-25(17(2)3)18(4)5)24-16-19-9-8-10-20(15-19)27-14-13-26-6;/h8-10,15,17-18H,7,11-14,16H2,1-6H3,(H2,22,23,24);1H. The molecule has 0 aromatic heterocycles. The van der Waals surface area contributed by atoms with Gasteiger partial charge in [-0.15, -0.1) is 24.0 Å². The number of aliphatic imine (C=N–C) groups is 1. The number of rotatable bonds is 12. The van der Waals surface area contributed by atoms with Crippen molar-refractivity contribution >= 4 is 29.9 Å². The molecule has 0 aliphatic heterocycles. The Balaban J connectivity index is 0.00000729. The summed E-state index contributed by atoms with van der Waals surface area (Å²) in [5.74, 6) is 1.69. The number of hydrogen-bond acceptors (Lipinski definition) is 4. The Labute approximate surface area is 188 Å². The van der Waals surface area contributed by atoms with E-state index < -0.39 is 0 Å². The lowest BCUT2D eigenvalue weighted by Gasteiger charge is -2.30. The van der Waals surface area contributed by atoms with Crippen molar-refractivity contribution in [2.75, 3.05) is 40.0 Å². The van der Waals surface area contributed by atoms with Crippen LogP contribution in [0.4, 0.5) is 0 Å². The van der Waals surface area contributed by atoms with Crippen LogP contribution in [0.25, 0.3) is 0 Å². The van der Waals surface area contributed by atoms with Crippen molar-refractivity contribution in [2.45, 2.75) is 53.2 Å². The number of ether oxygens (including phenoxy) is 2. The fourth-order valence-corrected chi connectivity index (χ4v) is 2.90. The lowest BCUT2D eigenvalue weighted by Crippen LogP contribution is -2.45. The highest BCUT2D eigenvalue weighted by atomic mass is 127. The van der Waals surface area contributed by atoms with Crippen molar-refractivity contribution in [1.82, 2.24) is 15.5 Å². The van der Waals surface area contributed by atoms with E-state index in [0.29, 0.717) is 31.8 Å². The number of methoxy groups -OCH3 is 1. The summed E-state index contributed by atoms with van der Waals surface area (Å²) in [6.45, 7) is 15.5. The number of nitrogens with one attached hydrogen (secondary N) is 2. The second kappa shape index (κ2) is 15.8. The molecule has 1 rings (SSSR count). The third-order valence-electron chi connectivity index (χ3n) is 4.21. The van der Waals surface area contributed by atoms with Crippen molar-refractivity contribution in [3.63, 3.8) is 0 Å². The van der Waals surface area contributed by atoms with Gasteiger partial charge in [0.05, 0.1) is 13.2 Å². The van der Waals surface area contributed by atoms with Crippen LogP contribution in [-0.2, 0) is 11.3 Å². The normalized spacial score (nSPS) is 11.7. The lowest BCUT2D eigenvalue weighted by molar-refractivity contribution is 0.146. The van der Waals surface area contributed by atoms with Crippen LogP contribution in [0.2, 0.25) is 0 Å². The van der Waals surface area contributed by atoms with Crippen LogP contribution in [0.5, 0.6) is 5.75 Å². The Morgan fingerprint density at radius 2 is 1.82 bits per heavy atom. The van der Waals surface area contributed by atoms with E-state index in [0.717, 1.165) is 36.9 Å². The molecule has 0 amide bonds. The lowest BCUT2D eigenvalue weighted by atomic mass is 10.2. The largest absolute Gasteiger partial charge is 0.491 e. The third-order valence-corrected chi connectivity index (χ3v) is 4.21. The number of nitrogens with zero attached hydrogens (tertiary/aromatic N) is 2. The Bertz CT molecular complexity index is 545. The summed E-state index contributed by atoms with van der Waals surface area (Å²) in [6, 6.07) is 9.12. The highest BCUT2D eigenvalue weighted by molar-refractivity contribution is 14.0. The minimum atomic E-state index is 0. The zero-order valence-corrected chi connectivity index (χ0v) is 20.7. The molecule has 0 saturated carbocycles. The van der Waals surface area contributed by atoms with E-state index in [-0.39, 0.29) is 24.0 Å². The fraction of sp³-hybridized carbons (Fsp3) is 0.667. The van der Waals surface area contributed by atoms with Crippen LogP contribution in [0.15, 0.2) is 29.3 Å². The van der Waals surface area contributed by atoms with Crippen molar-refractivity contribution in [1.29, 1.82) is 0 Å². The molecule has 0 bridgehead atoms. The Kier molecular flexibility index (Phi) is 15.2. The summed E-state index contributed by atoms with van der Waals surface area (Å²) in [7, 11) is 1.67. The smallest absolute Gasteiger partial charge is 0.191 e. The fourth-order valence-electron chi connectivity index (χ4n) is 2.90. The average molecular weight is 506 g/mol. The van der Waals surface area contributed by atoms with Crippen LogP contribution >= 0.6 is 24.0 Å². The molecular weight excluding hydrogens is 467 g/mol. The molecule has 0 atom stereocenters. The molecule has 162 valence electrons. The number of benzene rings is 1. The van der Waals surface area contributed by atoms with Gasteiger partial charge in [0.15, 0.2) is 5.96 Å². The highest BCUT2D eigenvalue weighted by Crippen LogP contribution is 2.14. The number of guanidine groups is 1. The second-order valence-corrected chi connectivity index (χ2v) is 7.04. The van der Waals surface area contributed by atoms with E-state index in [4.69, 9.17) is 14.5 Å². The molecule has 0 fully saturated rings. The van der Waals surface area contributed by atoms with E-state index >= 15 is 0 Å². The first-order valence-corrected chi connectivity index (χ1v) is 9.96.